The number of thioether (sulfide) groups is 1. The van der Waals surface area contributed by atoms with Crippen LogP contribution in [0, 0.1) is 5.92 Å². The van der Waals surface area contributed by atoms with Crippen molar-refractivity contribution in [3.05, 3.63) is 23.4 Å². The summed E-state index contributed by atoms with van der Waals surface area (Å²) in [7, 11) is 0. The number of rotatable bonds is 3. The fourth-order valence-corrected chi connectivity index (χ4v) is 2.95. The van der Waals surface area contributed by atoms with Crippen LogP contribution in [0.5, 0.6) is 0 Å². The van der Waals surface area contributed by atoms with Crippen LogP contribution in [-0.2, 0) is 0 Å². The minimum atomic E-state index is 0.552. The van der Waals surface area contributed by atoms with Crippen LogP contribution in [0.25, 0.3) is 0 Å². The van der Waals surface area contributed by atoms with Crippen LogP contribution in [0.2, 0.25) is 5.15 Å². The van der Waals surface area contributed by atoms with E-state index in [2.05, 4.69) is 10.3 Å². The molecule has 2 rings (SSSR count). The molecule has 0 aliphatic carbocycles. The van der Waals surface area contributed by atoms with Crippen LogP contribution >= 0.6 is 23.4 Å². The van der Waals surface area contributed by atoms with E-state index in [0.29, 0.717) is 5.15 Å². The summed E-state index contributed by atoms with van der Waals surface area (Å²) in [5, 5.41) is 3.87. The Labute approximate surface area is 93.4 Å². The van der Waals surface area contributed by atoms with Crippen LogP contribution in [-0.4, -0.2) is 23.0 Å². The van der Waals surface area contributed by atoms with Crippen molar-refractivity contribution in [3.8, 4) is 0 Å². The maximum atomic E-state index is 5.79. The molecule has 1 aliphatic heterocycles. The van der Waals surface area contributed by atoms with Crippen LogP contribution in [0.4, 0.5) is 5.82 Å². The van der Waals surface area contributed by atoms with Crippen LogP contribution in [0.1, 0.15) is 6.42 Å². The van der Waals surface area contributed by atoms with Gasteiger partial charge in [-0.3, -0.25) is 0 Å². The predicted molar refractivity (Wildman–Crippen MR) is 63.2 cm³/mol. The quantitative estimate of drug-likeness (QED) is 0.806. The number of nitrogens with zero attached hydrogens (tertiary/aromatic N) is 1. The first-order valence-corrected chi connectivity index (χ1v) is 6.32. The summed E-state index contributed by atoms with van der Waals surface area (Å²) in [6, 6.07) is 5.66. The average molecular weight is 229 g/mol. The van der Waals surface area contributed by atoms with Gasteiger partial charge in [0.25, 0.3) is 0 Å². The van der Waals surface area contributed by atoms with E-state index in [9.17, 15) is 0 Å². The molecule has 0 saturated carbocycles. The highest BCUT2D eigenvalue weighted by molar-refractivity contribution is 7.99. The second kappa shape index (κ2) is 4.89. The number of nitrogens with one attached hydrogen (secondary N) is 1. The summed E-state index contributed by atoms with van der Waals surface area (Å²) in [5.41, 5.74) is 0. The van der Waals surface area contributed by atoms with Gasteiger partial charge in [-0.2, -0.15) is 11.8 Å². The molecule has 1 saturated heterocycles. The lowest BCUT2D eigenvalue weighted by atomic mass is 10.1. The molecule has 1 atom stereocenters. The minimum absolute atomic E-state index is 0.552. The fourth-order valence-electron chi connectivity index (χ4n) is 1.50. The standard InChI is InChI=1S/C10H13ClN2S/c11-9-2-1-3-10(13-9)12-6-8-4-5-14-7-8/h1-3,8H,4-7H2,(H,12,13). The van der Waals surface area contributed by atoms with Crippen molar-refractivity contribution in [2.75, 3.05) is 23.4 Å². The first-order chi connectivity index (χ1) is 6.84. The lowest BCUT2D eigenvalue weighted by molar-refractivity contribution is 0.630. The van der Waals surface area contributed by atoms with Gasteiger partial charge in [0, 0.05) is 6.54 Å². The summed E-state index contributed by atoms with van der Waals surface area (Å²) in [6.07, 6.45) is 1.32. The monoisotopic (exact) mass is 228 g/mol. The van der Waals surface area contributed by atoms with Gasteiger partial charge in [0.15, 0.2) is 0 Å². The van der Waals surface area contributed by atoms with Gasteiger partial charge in [-0.05, 0) is 36.0 Å². The van der Waals surface area contributed by atoms with Gasteiger partial charge in [-0.25, -0.2) is 4.98 Å². The van der Waals surface area contributed by atoms with Crippen LogP contribution in [0.3, 0.4) is 0 Å². The highest BCUT2D eigenvalue weighted by Gasteiger charge is 2.14. The number of aromatic nitrogens is 1. The fraction of sp³-hybridized carbons (Fsp3) is 0.500. The molecular weight excluding hydrogens is 216 g/mol. The maximum absolute atomic E-state index is 5.79. The molecule has 1 aromatic heterocycles. The first kappa shape index (κ1) is 10.1. The van der Waals surface area contributed by atoms with E-state index < -0.39 is 0 Å². The van der Waals surface area contributed by atoms with Crippen molar-refractivity contribution in [1.82, 2.24) is 4.98 Å². The van der Waals surface area contributed by atoms with E-state index in [1.165, 1.54) is 17.9 Å². The predicted octanol–water partition coefficient (Wildman–Crippen LogP) is 2.90. The minimum Gasteiger partial charge on any atom is -0.370 e. The van der Waals surface area contributed by atoms with Crippen molar-refractivity contribution < 1.29 is 0 Å². The molecule has 1 fully saturated rings. The number of anilines is 1. The third-order valence-electron chi connectivity index (χ3n) is 2.31. The molecule has 76 valence electrons. The topological polar surface area (TPSA) is 24.9 Å². The second-order valence-electron chi connectivity index (χ2n) is 3.46. The number of pyridine rings is 1. The van der Waals surface area contributed by atoms with Gasteiger partial charge < -0.3 is 5.32 Å². The van der Waals surface area contributed by atoms with E-state index in [1.54, 1.807) is 6.07 Å². The molecule has 0 bridgehead atoms. The Morgan fingerprint density at radius 2 is 2.50 bits per heavy atom. The molecule has 0 amide bonds. The van der Waals surface area contributed by atoms with E-state index in [1.807, 2.05) is 23.9 Å². The van der Waals surface area contributed by atoms with Crippen LogP contribution in [0.15, 0.2) is 18.2 Å². The molecule has 0 spiro atoms. The number of hydrogen-bond donors (Lipinski definition) is 1. The van der Waals surface area contributed by atoms with Gasteiger partial charge >= 0.3 is 0 Å². The Morgan fingerprint density at radius 3 is 3.21 bits per heavy atom. The molecule has 14 heavy (non-hydrogen) atoms. The first-order valence-electron chi connectivity index (χ1n) is 4.79. The highest BCUT2D eigenvalue weighted by atomic mass is 35.5. The second-order valence-corrected chi connectivity index (χ2v) is 4.99. The van der Waals surface area contributed by atoms with E-state index in [4.69, 9.17) is 11.6 Å². The Kier molecular flexibility index (Phi) is 3.54. The number of halogens is 1. The van der Waals surface area contributed by atoms with Crippen molar-refractivity contribution in [2.45, 2.75) is 6.42 Å². The summed E-state index contributed by atoms with van der Waals surface area (Å²) in [4.78, 5) is 4.18. The average Bonchev–Trinajstić information content (AvgIpc) is 2.67. The van der Waals surface area contributed by atoms with E-state index >= 15 is 0 Å². The highest BCUT2D eigenvalue weighted by Crippen LogP contribution is 2.23. The third kappa shape index (κ3) is 2.79. The largest absolute Gasteiger partial charge is 0.370 e. The molecular formula is C10H13ClN2S. The number of hydrogen-bond acceptors (Lipinski definition) is 3. The lowest BCUT2D eigenvalue weighted by Gasteiger charge is -2.10. The van der Waals surface area contributed by atoms with E-state index in [0.717, 1.165) is 18.3 Å². The van der Waals surface area contributed by atoms with E-state index in [-0.39, 0.29) is 0 Å². The van der Waals surface area contributed by atoms with Crippen molar-refractivity contribution >= 4 is 29.2 Å². The molecule has 4 heteroatoms. The third-order valence-corrected chi connectivity index (χ3v) is 3.75. The Hall–Kier alpha value is -0.410. The van der Waals surface area contributed by atoms with Crippen molar-refractivity contribution in [2.24, 2.45) is 5.92 Å². The molecule has 1 aromatic rings. The molecule has 0 radical (unpaired) electrons. The molecule has 1 N–H and O–H groups in total. The maximum Gasteiger partial charge on any atom is 0.131 e. The lowest BCUT2D eigenvalue weighted by Crippen LogP contribution is -2.14. The van der Waals surface area contributed by atoms with Crippen molar-refractivity contribution in [3.63, 3.8) is 0 Å². The zero-order valence-corrected chi connectivity index (χ0v) is 9.44. The normalized spacial score (nSPS) is 21.1. The van der Waals surface area contributed by atoms with Gasteiger partial charge in [0.2, 0.25) is 0 Å². The van der Waals surface area contributed by atoms with Gasteiger partial charge in [0.1, 0.15) is 11.0 Å². The summed E-state index contributed by atoms with van der Waals surface area (Å²) in [6.45, 7) is 1.01. The van der Waals surface area contributed by atoms with Crippen molar-refractivity contribution in [1.29, 1.82) is 0 Å². The smallest absolute Gasteiger partial charge is 0.131 e. The zero-order chi connectivity index (χ0) is 9.80. The molecule has 2 heterocycles. The molecule has 2 nitrogen and oxygen atoms in total. The summed E-state index contributed by atoms with van der Waals surface area (Å²) in [5.74, 6) is 4.25. The Morgan fingerprint density at radius 1 is 1.57 bits per heavy atom. The SMILES string of the molecule is Clc1cccc(NCC2CCSC2)n1. The van der Waals surface area contributed by atoms with Gasteiger partial charge in [-0.15, -0.1) is 0 Å². The van der Waals surface area contributed by atoms with Gasteiger partial charge in [0.05, 0.1) is 0 Å². The Balaban J connectivity index is 1.85. The summed E-state index contributed by atoms with van der Waals surface area (Å²) >= 11 is 7.82. The summed E-state index contributed by atoms with van der Waals surface area (Å²) < 4.78 is 0. The molecule has 1 aliphatic rings. The zero-order valence-electron chi connectivity index (χ0n) is 7.87. The molecule has 0 aromatic carbocycles. The van der Waals surface area contributed by atoms with Gasteiger partial charge in [-0.1, -0.05) is 17.7 Å². The Bertz CT molecular complexity index is 300. The molecule has 1 unspecified atom stereocenters. The van der Waals surface area contributed by atoms with Crippen LogP contribution < -0.4 is 5.32 Å².